The number of methoxy groups -OCH3 is 1. The molecule has 10 heteroatoms. The first-order valence-electron chi connectivity index (χ1n) is 10.8. The summed E-state index contributed by atoms with van der Waals surface area (Å²) in [5, 5.41) is 10.1. The number of anilines is 3. The van der Waals surface area contributed by atoms with Gasteiger partial charge in [0.05, 0.1) is 30.4 Å². The van der Waals surface area contributed by atoms with Crippen molar-refractivity contribution in [1.29, 1.82) is 0 Å². The number of nitrogens with one attached hydrogen (secondary N) is 2. The molecule has 4 rings (SSSR count). The molecule has 0 aliphatic carbocycles. The molecule has 1 saturated heterocycles. The van der Waals surface area contributed by atoms with E-state index in [2.05, 4.69) is 32.1 Å². The molecule has 34 heavy (non-hydrogen) atoms. The molecule has 0 radical (unpaired) electrons. The van der Waals surface area contributed by atoms with Crippen LogP contribution in [0.15, 0.2) is 67.0 Å². The fourth-order valence-corrected chi connectivity index (χ4v) is 4.36. The fraction of sp³-hybridized carbons (Fsp3) is 0.208. The Bertz CT molecular complexity index is 1190. The zero-order valence-electron chi connectivity index (χ0n) is 18.9. The maximum atomic E-state index is 13.0. The van der Waals surface area contributed by atoms with Gasteiger partial charge in [0.15, 0.2) is 0 Å². The molecule has 0 saturated carbocycles. The van der Waals surface area contributed by atoms with E-state index in [9.17, 15) is 4.79 Å². The van der Waals surface area contributed by atoms with Crippen LogP contribution < -0.4 is 31.1 Å². The summed E-state index contributed by atoms with van der Waals surface area (Å²) in [4.78, 5) is 23.9. The Morgan fingerprint density at radius 3 is 2.94 bits per heavy atom. The first-order chi connectivity index (χ1) is 16.6. The second-order valence-electron chi connectivity index (χ2n) is 7.52. The van der Waals surface area contributed by atoms with E-state index in [-0.39, 0.29) is 5.91 Å². The number of aromatic nitrogens is 2. The number of rotatable bonds is 8. The van der Waals surface area contributed by atoms with Crippen molar-refractivity contribution in [2.24, 2.45) is 5.84 Å². The summed E-state index contributed by atoms with van der Waals surface area (Å²) in [6, 6.07) is 9.30. The van der Waals surface area contributed by atoms with E-state index >= 15 is 0 Å². The minimum absolute atomic E-state index is 0.298. The first-order valence-corrected chi connectivity index (χ1v) is 11.7. The Balaban J connectivity index is 1.50. The number of piperazine rings is 1. The second kappa shape index (κ2) is 10.9. The van der Waals surface area contributed by atoms with Crippen molar-refractivity contribution in [2.45, 2.75) is 0 Å². The molecule has 0 spiro atoms. The number of nitrogens with zero attached hydrogens (tertiary/aromatic N) is 4. The third-order valence-corrected chi connectivity index (χ3v) is 6.23. The summed E-state index contributed by atoms with van der Waals surface area (Å²) < 4.78 is 5.26. The van der Waals surface area contributed by atoms with Crippen molar-refractivity contribution >= 4 is 39.9 Å². The lowest BCUT2D eigenvalue weighted by atomic mass is 10.2. The van der Waals surface area contributed by atoms with Gasteiger partial charge in [-0.2, -0.15) is 0 Å². The van der Waals surface area contributed by atoms with E-state index in [1.54, 1.807) is 37.2 Å². The van der Waals surface area contributed by atoms with Crippen LogP contribution >= 0.6 is 11.3 Å². The first kappa shape index (κ1) is 23.4. The fourth-order valence-electron chi connectivity index (χ4n) is 3.55. The molecule has 1 fully saturated rings. The number of benzene rings is 1. The number of pyridine rings is 1. The number of hydrogen-bond donors (Lipinski definition) is 3. The van der Waals surface area contributed by atoms with E-state index in [1.165, 1.54) is 16.3 Å². The van der Waals surface area contributed by atoms with Crippen LogP contribution in [0, 0.1) is 0 Å². The Kier molecular flexibility index (Phi) is 7.53. The van der Waals surface area contributed by atoms with Gasteiger partial charge in [-0.15, -0.1) is 11.3 Å². The number of hydrogen-bond acceptors (Lipinski definition) is 9. The number of thiazole rings is 1. The average Bonchev–Trinajstić information content (AvgIpc) is 3.38. The molecule has 1 aromatic carbocycles. The monoisotopic (exact) mass is 477 g/mol. The van der Waals surface area contributed by atoms with E-state index in [1.807, 2.05) is 30.3 Å². The number of carbonyl (C=O) groups is 1. The standard InChI is InChI=1S/C24H27N7O2S/c1-3-17(15-31(25)18-5-4-6-19(13-18)33-2)24-29-21(16-34-24)23(32)28-20-14-27-8-7-22(20)30-11-9-26-10-12-30/h3-8,13-16,26H,1,9-12,25H2,2H3,(H,28,32)/b17-15+. The van der Waals surface area contributed by atoms with Crippen LogP contribution in [0.2, 0.25) is 0 Å². The molecule has 3 aromatic rings. The van der Waals surface area contributed by atoms with Crippen molar-refractivity contribution in [3.63, 3.8) is 0 Å². The van der Waals surface area contributed by atoms with Crippen molar-refractivity contribution in [1.82, 2.24) is 15.3 Å². The summed E-state index contributed by atoms with van der Waals surface area (Å²) in [5.41, 5.74) is 3.36. The minimum atomic E-state index is -0.298. The van der Waals surface area contributed by atoms with E-state index in [0.717, 1.165) is 37.6 Å². The van der Waals surface area contributed by atoms with Gasteiger partial charge in [-0.05, 0) is 18.2 Å². The van der Waals surface area contributed by atoms with Crippen LogP contribution in [0.4, 0.5) is 17.1 Å². The predicted octanol–water partition coefficient (Wildman–Crippen LogP) is 3.12. The predicted molar refractivity (Wildman–Crippen MR) is 137 cm³/mol. The largest absolute Gasteiger partial charge is 0.497 e. The van der Waals surface area contributed by atoms with Gasteiger partial charge in [0.2, 0.25) is 0 Å². The number of carbonyl (C=O) groups excluding carboxylic acids is 1. The highest BCUT2D eigenvalue weighted by atomic mass is 32.1. The lowest BCUT2D eigenvalue weighted by molar-refractivity contribution is 0.102. The molecular formula is C24H27N7O2S. The zero-order valence-corrected chi connectivity index (χ0v) is 19.7. The third kappa shape index (κ3) is 5.42. The minimum Gasteiger partial charge on any atom is -0.497 e. The van der Waals surface area contributed by atoms with Crippen LogP contribution in [-0.4, -0.2) is 49.2 Å². The van der Waals surface area contributed by atoms with Crippen molar-refractivity contribution in [3.8, 4) is 5.75 Å². The Hall–Kier alpha value is -3.73. The van der Waals surface area contributed by atoms with Gasteiger partial charge in [-0.3, -0.25) is 14.8 Å². The molecule has 0 atom stereocenters. The van der Waals surface area contributed by atoms with Gasteiger partial charge in [0.1, 0.15) is 16.5 Å². The van der Waals surface area contributed by atoms with Crippen LogP contribution in [0.5, 0.6) is 5.75 Å². The van der Waals surface area contributed by atoms with Gasteiger partial charge in [-0.25, -0.2) is 10.8 Å². The van der Waals surface area contributed by atoms with E-state index in [4.69, 9.17) is 10.6 Å². The van der Waals surface area contributed by atoms with Crippen molar-refractivity contribution < 1.29 is 9.53 Å². The topological polar surface area (TPSA) is 109 Å². The lowest BCUT2D eigenvalue weighted by Gasteiger charge is -2.30. The molecule has 3 heterocycles. The molecule has 1 aliphatic heterocycles. The highest BCUT2D eigenvalue weighted by Crippen LogP contribution is 2.27. The van der Waals surface area contributed by atoms with Gasteiger partial charge >= 0.3 is 0 Å². The summed E-state index contributed by atoms with van der Waals surface area (Å²) in [7, 11) is 1.60. The third-order valence-electron chi connectivity index (χ3n) is 5.34. The lowest BCUT2D eigenvalue weighted by Crippen LogP contribution is -2.43. The van der Waals surface area contributed by atoms with Gasteiger partial charge in [0.25, 0.3) is 5.91 Å². The molecule has 0 bridgehead atoms. The second-order valence-corrected chi connectivity index (χ2v) is 8.38. The molecule has 1 aliphatic rings. The van der Waals surface area contributed by atoms with Crippen LogP contribution in [0.25, 0.3) is 5.57 Å². The van der Waals surface area contributed by atoms with Crippen molar-refractivity contribution in [3.05, 3.63) is 77.7 Å². The summed E-state index contributed by atoms with van der Waals surface area (Å²) in [5.74, 6) is 6.62. The van der Waals surface area contributed by atoms with Crippen LogP contribution in [0.1, 0.15) is 15.5 Å². The average molecular weight is 478 g/mol. The smallest absolute Gasteiger partial charge is 0.275 e. The zero-order chi connectivity index (χ0) is 23.9. The van der Waals surface area contributed by atoms with Gasteiger partial charge in [0, 0.05) is 55.6 Å². The Morgan fingerprint density at radius 1 is 1.35 bits per heavy atom. The normalized spacial score (nSPS) is 13.9. The number of nitrogens with two attached hydrogens (primary N) is 1. The highest BCUT2D eigenvalue weighted by Gasteiger charge is 2.18. The Labute approximate surface area is 202 Å². The SMILES string of the molecule is C=C/C(=C\N(N)c1cccc(OC)c1)c1nc(C(=O)Nc2cnccc2N2CCNCC2)cs1. The number of ether oxygens (including phenoxy) is 1. The maximum Gasteiger partial charge on any atom is 0.275 e. The van der Waals surface area contributed by atoms with E-state index < -0.39 is 0 Å². The van der Waals surface area contributed by atoms with Crippen LogP contribution in [0.3, 0.4) is 0 Å². The quantitative estimate of drug-likeness (QED) is 0.258. The highest BCUT2D eigenvalue weighted by molar-refractivity contribution is 7.11. The van der Waals surface area contributed by atoms with Crippen molar-refractivity contribution in [2.75, 3.05) is 48.5 Å². The molecule has 4 N–H and O–H groups in total. The molecule has 2 aromatic heterocycles. The molecule has 0 unspecified atom stereocenters. The van der Waals surface area contributed by atoms with Gasteiger partial charge in [-0.1, -0.05) is 18.7 Å². The summed E-state index contributed by atoms with van der Waals surface area (Å²) in [6.07, 6.45) is 6.77. The Morgan fingerprint density at radius 2 is 2.18 bits per heavy atom. The summed E-state index contributed by atoms with van der Waals surface area (Å²) >= 11 is 1.35. The number of amides is 1. The van der Waals surface area contributed by atoms with Crippen LogP contribution in [-0.2, 0) is 0 Å². The molecular weight excluding hydrogens is 450 g/mol. The molecule has 1 amide bonds. The van der Waals surface area contributed by atoms with E-state index in [0.29, 0.717) is 27.7 Å². The summed E-state index contributed by atoms with van der Waals surface area (Å²) in [6.45, 7) is 7.40. The molecule has 176 valence electrons. The number of allylic oxidation sites excluding steroid dienone is 2. The maximum absolute atomic E-state index is 13.0. The molecule has 9 nitrogen and oxygen atoms in total. The number of hydrazine groups is 1. The van der Waals surface area contributed by atoms with Gasteiger partial charge < -0.3 is 20.3 Å².